The number of fused-ring (bicyclic) bond motifs is 1. The Morgan fingerprint density at radius 2 is 1.70 bits per heavy atom. The topological polar surface area (TPSA) is 29.5 Å². The molecule has 0 bridgehead atoms. The van der Waals surface area contributed by atoms with Gasteiger partial charge in [-0.05, 0) is 48.4 Å². The SMILES string of the molecule is [O-]N1Cc2c(cccc2N2CCCCC2)C1Cc1ccccc1. The first-order valence-corrected chi connectivity index (χ1v) is 8.67. The minimum Gasteiger partial charge on any atom is -0.784 e. The Hall–Kier alpha value is -1.84. The van der Waals surface area contributed by atoms with Crippen LogP contribution in [0.25, 0.3) is 0 Å². The molecule has 0 saturated carbocycles. The summed E-state index contributed by atoms with van der Waals surface area (Å²) in [7, 11) is 0. The molecule has 2 aromatic rings. The van der Waals surface area contributed by atoms with Gasteiger partial charge in [0, 0.05) is 31.4 Å². The summed E-state index contributed by atoms with van der Waals surface area (Å²) in [5, 5.41) is 13.8. The van der Waals surface area contributed by atoms with Crippen LogP contribution in [0.1, 0.15) is 42.0 Å². The minimum atomic E-state index is -0.0443. The molecule has 2 aromatic carbocycles. The van der Waals surface area contributed by atoms with E-state index in [9.17, 15) is 5.21 Å². The normalized spacial score (nSPS) is 21.4. The van der Waals surface area contributed by atoms with E-state index in [1.54, 1.807) is 0 Å². The number of hydroxylamine groups is 2. The first kappa shape index (κ1) is 14.7. The largest absolute Gasteiger partial charge is 0.784 e. The quantitative estimate of drug-likeness (QED) is 0.848. The van der Waals surface area contributed by atoms with Gasteiger partial charge in [0.1, 0.15) is 0 Å². The van der Waals surface area contributed by atoms with Crippen LogP contribution in [0.15, 0.2) is 48.5 Å². The number of anilines is 1. The third-order valence-corrected chi connectivity index (χ3v) is 5.18. The second-order valence-electron chi connectivity index (χ2n) is 6.67. The average molecular weight is 307 g/mol. The van der Waals surface area contributed by atoms with E-state index in [1.807, 2.05) is 18.2 Å². The molecule has 3 nitrogen and oxygen atoms in total. The van der Waals surface area contributed by atoms with E-state index in [1.165, 1.54) is 46.7 Å². The van der Waals surface area contributed by atoms with Crippen molar-refractivity contribution >= 4 is 5.69 Å². The first-order valence-electron chi connectivity index (χ1n) is 8.67. The molecule has 0 N–H and O–H groups in total. The van der Waals surface area contributed by atoms with Gasteiger partial charge in [0.05, 0.1) is 0 Å². The fourth-order valence-electron chi connectivity index (χ4n) is 3.98. The zero-order valence-corrected chi connectivity index (χ0v) is 13.4. The zero-order valence-electron chi connectivity index (χ0n) is 13.4. The van der Waals surface area contributed by atoms with Crippen molar-refractivity contribution in [2.45, 2.75) is 38.3 Å². The van der Waals surface area contributed by atoms with Gasteiger partial charge in [0.2, 0.25) is 0 Å². The predicted octanol–water partition coefficient (Wildman–Crippen LogP) is 4.27. The lowest BCUT2D eigenvalue weighted by atomic mass is 9.97. The lowest BCUT2D eigenvalue weighted by Gasteiger charge is -2.31. The fraction of sp³-hybridized carbons (Fsp3) is 0.400. The van der Waals surface area contributed by atoms with E-state index >= 15 is 0 Å². The number of benzene rings is 2. The van der Waals surface area contributed by atoms with E-state index < -0.39 is 0 Å². The van der Waals surface area contributed by atoms with Gasteiger partial charge in [0.15, 0.2) is 0 Å². The molecule has 2 heterocycles. The summed E-state index contributed by atoms with van der Waals surface area (Å²) in [5.74, 6) is 0. The molecule has 0 aliphatic carbocycles. The molecule has 1 atom stereocenters. The highest BCUT2D eigenvalue weighted by Gasteiger charge is 2.28. The molecule has 4 rings (SSSR count). The minimum absolute atomic E-state index is 0.0443. The Bertz CT molecular complexity index is 665. The molecular formula is C20H23N2O-. The van der Waals surface area contributed by atoms with Gasteiger partial charge < -0.3 is 15.2 Å². The maximum absolute atomic E-state index is 12.6. The van der Waals surface area contributed by atoms with Gasteiger partial charge >= 0.3 is 0 Å². The lowest BCUT2D eigenvalue weighted by molar-refractivity contribution is 0.306. The summed E-state index contributed by atoms with van der Waals surface area (Å²) in [6, 6.07) is 16.8. The molecular weight excluding hydrogens is 284 g/mol. The van der Waals surface area contributed by atoms with Gasteiger partial charge in [0.25, 0.3) is 0 Å². The van der Waals surface area contributed by atoms with Gasteiger partial charge in [-0.15, -0.1) is 0 Å². The third-order valence-electron chi connectivity index (χ3n) is 5.18. The molecule has 2 aliphatic rings. The van der Waals surface area contributed by atoms with Crippen molar-refractivity contribution in [1.82, 2.24) is 5.06 Å². The molecule has 0 radical (unpaired) electrons. The van der Waals surface area contributed by atoms with Crippen LogP contribution < -0.4 is 4.90 Å². The summed E-state index contributed by atoms with van der Waals surface area (Å²) in [4.78, 5) is 2.47. The maximum Gasteiger partial charge on any atom is 0.0414 e. The number of nitrogens with zero attached hydrogens (tertiary/aromatic N) is 2. The predicted molar refractivity (Wildman–Crippen MR) is 94.3 cm³/mol. The van der Waals surface area contributed by atoms with Crippen LogP contribution in [0.5, 0.6) is 0 Å². The van der Waals surface area contributed by atoms with Crippen molar-refractivity contribution in [2.75, 3.05) is 18.0 Å². The van der Waals surface area contributed by atoms with E-state index in [-0.39, 0.29) is 6.04 Å². The summed E-state index contributed by atoms with van der Waals surface area (Å²) in [6.07, 6.45) is 4.65. The van der Waals surface area contributed by atoms with Crippen LogP contribution in [0.4, 0.5) is 5.69 Å². The Kier molecular flexibility index (Phi) is 4.06. The first-order chi connectivity index (χ1) is 11.3. The van der Waals surface area contributed by atoms with Crippen molar-refractivity contribution in [3.8, 4) is 0 Å². The van der Waals surface area contributed by atoms with Crippen LogP contribution in [0.3, 0.4) is 0 Å². The molecule has 120 valence electrons. The second kappa shape index (κ2) is 6.34. The average Bonchev–Trinajstić information content (AvgIpc) is 2.92. The van der Waals surface area contributed by atoms with E-state index in [4.69, 9.17) is 0 Å². The molecule has 0 amide bonds. The third kappa shape index (κ3) is 2.87. The molecule has 0 spiro atoms. The highest BCUT2D eigenvalue weighted by molar-refractivity contribution is 5.59. The van der Waals surface area contributed by atoms with Gasteiger partial charge in [-0.3, -0.25) is 0 Å². The summed E-state index contributed by atoms with van der Waals surface area (Å²) in [5.41, 5.74) is 5.01. The van der Waals surface area contributed by atoms with E-state index in [2.05, 4.69) is 35.2 Å². The van der Waals surface area contributed by atoms with Crippen molar-refractivity contribution in [3.05, 3.63) is 70.4 Å². The van der Waals surface area contributed by atoms with Crippen LogP contribution >= 0.6 is 0 Å². The molecule has 1 fully saturated rings. The van der Waals surface area contributed by atoms with E-state index in [0.717, 1.165) is 19.5 Å². The molecule has 3 heteroatoms. The van der Waals surface area contributed by atoms with Crippen LogP contribution in [-0.2, 0) is 13.0 Å². The molecule has 2 aliphatic heterocycles. The Labute approximate surface area is 138 Å². The van der Waals surface area contributed by atoms with Crippen molar-refractivity contribution in [2.24, 2.45) is 0 Å². The fourth-order valence-corrected chi connectivity index (χ4v) is 3.98. The molecule has 1 unspecified atom stereocenters. The van der Waals surface area contributed by atoms with E-state index in [0.29, 0.717) is 6.54 Å². The smallest absolute Gasteiger partial charge is 0.0414 e. The van der Waals surface area contributed by atoms with Gasteiger partial charge in [-0.2, -0.15) is 0 Å². The standard InChI is InChI=1S/C20H23N2O/c23-22-15-18-17(20(22)14-16-8-3-1-4-9-16)10-7-11-19(18)21-12-5-2-6-13-21/h1,3-4,7-11,20H,2,5-6,12-15H2/q-1. The van der Waals surface area contributed by atoms with Crippen molar-refractivity contribution in [3.63, 3.8) is 0 Å². The highest BCUT2D eigenvalue weighted by atomic mass is 16.5. The van der Waals surface area contributed by atoms with Gasteiger partial charge in [-0.25, -0.2) is 0 Å². The Balaban J connectivity index is 1.64. The van der Waals surface area contributed by atoms with Crippen molar-refractivity contribution in [1.29, 1.82) is 0 Å². The Morgan fingerprint density at radius 3 is 2.48 bits per heavy atom. The van der Waals surface area contributed by atoms with Gasteiger partial charge in [-0.1, -0.05) is 42.5 Å². The lowest BCUT2D eigenvalue weighted by Crippen LogP contribution is -2.30. The van der Waals surface area contributed by atoms with Crippen LogP contribution in [0, 0.1) is 5.21 Å². The van der Waals surface area contributed by atoms with Crippen LogP contribution in [0.2, 0.25) is 0 Å². The Morgan fingerprint density at radius 1 is 0.913 bits per heavy atom. The van der Waals surface area contributed by atoms with Crippen LogP contribution in [-0.4, -0.2) is 18.2 Å². The summed E-state index contributed by atoms with van der Waals surface area (Å²) < 4.78 is 0. The number of hydrogen-bond donors (Lipinski definition) is 0. The molecule has 0 aromatic heterocycles. The maximum atomic E-state index is 12.6. The monoisotopic (exact) mass is 307 g/mol. The zero-order chi connectivity index (χ0) is 15.6. The second-order valence-corrected chi connectivity index (χ2v) is 6.67. The van der Waals surface area contributed by atoms with Crippen molar-refractivity contribution < 1.29 is 0 Å². The molecule has 1 saturated heterocycles. The summed E-state index contributed by atoms with van der Waals surface area (Å²) >= 11 is 0. The number of rotatable bonds is 3. The highest BCUT2D eigenvalue weighted by Crippen LogP contribution is 2.40. The number of piperidine rings is 1. The molecule has 23 heavy (non-hydrogen) atoms. The number of hydrogen-bond acceptors (Lipinski definition) is 3. The summed E-state index contributed by atoms with van der Waals surface area (Å²) in [6.45, 7) is 2.77.